The predicted octanol–water partition coefficient (Wildman–Crippen LogP) is 5.67. The van der Waals surface area contributed by atoms with Crippen LogP contribution in [0.15, 0.2) is 72.8 Å². The molecule has 1 N–H and O–H groups in total. The number of anilines is 3. The molecule has 0 spiro atoms. The highest BCUT2D eigenvalue weighted by Crippen LogP contribution is 2.29. The Morgan fingerprint density at radius 2 is 1.04 bits per heavy atom. The molecule has 0 bridgehead atoms. The molecule has 3 aromatic carbocycles. The molecule has 0 heterocycles. The molecule has 3 rings (SSSR count). The summed E-state index contributed by atoms with van der Waals surface area (Å²) < 4.78 is 0. The van der Waals surface area contributed by atoms with Crippen molar-refractivity contribution in [3.05, 3.63) is 88.9 Å². The van der Waals surface area contributed by atoms with E-state index < -0.39 is 0 Å². The Labute approximate surface area is 167 Å². The number of nitrogens with one attached hydrogen (secondary N) is 1. The zero-order valence-electron chi connectivity index (χ0n) is 16.3. The maximum absolute atomic E-state index is 6.04. The molecule has 140 valence electrons. The minimum absolute atomic E-state index is 0.0543. The van der Waals surface area contributed by atoms with Gasteiger partial charge in [-0.3, -0.25) is 0 Å². The fourth-order valence-electron chi connectivity index (χ4n) is 3.00. The van der Waals surface area contributed by atoms with Crippen LogP contribution in [-0.4, -0.2) is 28.2 Å². The average Bonchev–Trinajstić information content (AvgIpc) is 2.68. The lowest BCUT2D eigenvalue weighted by Crippen LogP contribution is -2.14. The minimum Gasteiger partial charge on any atom is -0.378 e. The second kappa shape index (κ2) is 8.36. The van der Waals surface area contributed by atoms with Gasteiger partial charge in [0.15, 0.2) is 0 Å². The van der Waals surface area contributed by atoms with Crippen molar-refractivity contribution >= 4 is 28.7 Å². The molecule has 0 atom stereocenters. The van der Waals surface area contributed by atoms with Crippen molar-refractivity contribution in [1.82, 2.24) is 0 Å². The summed E-state index contributed by atoms with van der Waals surface area (Å²) in [7, 11) is 8.22. The smallest absolute Gasteiger partial charge is 0.0767 e. The molecule has 0 fully saturated rings. The van der Waals surface area contributed by atoms with Gasteiger partial charge in [0.1, 0.15) is 0 Å². The van der Waals surface area contributed by atoms with Gasteiger partial charge >= 0.3 is 0 Å². The molecule has 4 heteroatoms. The van der Waals surface area contributed by atoms with Crippen LogP contribution in [0.25, 0.3) is 0 Å². The summed E-state index contributed by atoms with van der Waals surface area (Å²) >= 11 is 6.04. The van der Waals surface area contributed by atoms with Crippen LogP contribution in [0.3, 0.4) is 0 Å². The first-order chi connectivity index (χ1) is 12.9. The third kappa shape index (κ3) is 4.75. The van der Waals surface area contributed by atoms with Crippen molar-refractivity contribution in [3.8, 4) is 0 Å². The fourth-order valence-corrected chi connectivity index (χ4v) is 3.13. The maximum Gasteiger partial charge on any atom is 0.0767 e. The van der Waals surface area contributed by atoms with E-state index >= 15 is 0 Å². The zero-order chi connectivity index (χ0) is 19.4. The first-order valence-corrected chi connectivity index (χ1v) is 9.38. The lowest BCUT2D eigenvalue weighted by Gasteiger charge is -2.23. The maximum atomic E-state index is 6.04. The first-order valence-electron chi connectivity index (χ1n) is 9.01. The summed E-state index contributed by atoms with van der Waals surface area (Å²) in [6.45, 7) is 0. The van der Waals surface area contributed by atoms with Gasteiger partial charge in [0.2, 0.25) is 0 Å². The molecule has 0 unspecified atom stereocenters. The zero-order valence-corrected chi connectivity index (χ0v) is 17.0. The highest BCUT2D eigenvalue weighted by Gasteiger charge is 2.15. The Hall–Kier alpha value is -2.65. The first kappa shape index (κ1) is 19.1. The Bertz CT molecular complexity index is 802. The number of benzene rings is 3. The number of hydrogen-bond donors (Lipinski definition) is 1. The van der Waals surface area contributed by atoms with Gasteiger partial charge in [-0.25, -0.2) is 0 Å². The molecule has 0 radical (unpaired) electrons. The van der Waals surface area contributed by atoms with E-state index in [2.05, 4.69) is 91.8 Å². The van der Waals surface area contributed by atoms with Crippen molar-refractivity contribution < 1.29 is 0 Å². The van der Waals surface area contributed by atoms with Gasteiger partial charge in [0.25, 0.3) is 0 Å². The summed E-state index contributed by atoms with van der Waals surface area (Å²) in [6, 6.07) is 25.2. The van der Waals surface area contributed by atoms with Crippen molar-refractivity contribution in [1.29, 1.82) is 0 Å². The topological polar surface area (TPSA) is 18.5 Å². The molecule has 27 heavy (non-hydrogen) atoms. The summed E-state index contributed by atoms with van der Waals surface area (Å²) in [5, 5.41) is 4.39. The van der Waals surface area contributed by atoms with E-state index in [-0.39, 0.29) is 6.04 Å². The van der Waals surface area contributed by atoms with Gasteiger partial charge in [-0.15, -0.1) is 0 Å². The van der Waals surface area contributed by atoms with Crippen LogP contribution in [0.5, 0.6) is 0 Å². The molecule has 0 amide bonds. The third-order valence-corrected chi connectivity index (χ3v) is 4.89. The van der Waals surface area contributed by atoms with Gasteiger partial charge in [0, 0.05) is 50.3 Å². The van der Waals surface area contributed by atoms with E-state index in [1.165, 1.54) is 22.5 Å². The van der Waals surface area contributed by atoms with E-state index in [1.807, 2.05) is 24.3 Å². The van der Waals surface area contributed by atoms with Gasteiger partial charge in [-0.05, 0) is 59.7 Å². The summed E-state index contributed by atoms with van der Waals surface area (Å²) in [4.78, 5) is 4.22. The lowest BCUT2D eigenvalue weighted by molar-refractivity contribution is 0.937. The molecule has 0 aliphatic carbocycles. The highest BCUT2D eigenvalue weighted by atomic mass is 35.5. The quantitative estimate of drug-likeness (QED) is 0.595. The predicted molar refractivity (Wildman–Crippen MR) is 118 cm³/mol. The van der Waals surface area contributed by atoms with Crippen LogP contribution in [0.4, 0.5) is 17.1 Å². The van der Waals surface area contributed by atoms with Crippen LogP contribution in [0.1, 0.15) is 17.2 Å². The van der Waals surface area contributed by atoms with Crippen LogP contribution < -0.4 is 15.1 Å². The minimum atomic E-state index is 0.0543. The molecule has 0 aliphatic rings. The molecule has 3 aromatic rings. The number of rotatable bonds is 6. The Kier molecular flexibility index (Phi) is 5.92. The van der Waals surface area contributed by atoms with Gasteiger partial charge < -0.3 is 15.1 Å². The lowest BCUT2D eigenvalue weighted by atomic mass is 9.97. The summed E-state index contributed by atoms with van der Waals surface area (Å²) in [5.41, 5.74) is 5.85. The normalized spacial score (nSPS) is 10.7. The van der Waals surface area contributed by atoms with Crippen molar-refractivity contribution in [2.75, 3.05) is 43.3 Å². The SMILES string of the molecule is CN(C)c1ccc(C(Nc2ccc(Cl)cc2)c2ccc(N(C)C)cc2)cc1. The summed E-state index contributed by atoms with van der Waals surface area (Å²) in [6.07, 6.45) is 0. The molecule has 0 saturated carbocycles. The molecular formula is C23H26ClN3. The Balaban J connectivity index is 1.95. The van der Waals surface area contributed by atoms with Crippen LogP contribution in [0.2, 0.25) is 5.02 Å². The van der Waals surface area contributed by atoms with Gasteiger partial charge in [-0.2, -0.15) is 0 Å². The largest absolute Gasteiger partial charge is 0.378 e. The van der Waals surface area contributed by atoms with Gasteiger partial charge in [-0.1, -0.05) is 35.9 Å². The fraction of sp³-hybridized carbons (Fsp3) is 0.217. The third-order valence-electron chi connectivity index (χ3n) is 4.64. The van der Waals surface area contributed by atoms with Crippen molar-refractivity contribution in [2.24, 2.45) is 0 Å². The van der Waals surface area contributed by atoms with E-state index in [0.29, 0.717) is 0 Å². The second-order valence-corrected chi connectivity index (χ2v) is 7.49. The van der Waals surface area contributed by atoms with E-state index in [9.17, 15) is 0 Å². The molecule has 0 saturated heterocycles. The van der Waals surface area contributed by atoms with Crippen LogP contribution in [-0.2, 0) is 0 Å². The van der Waals surface area contributed by atoms with Crippen molar-refractivity contribution in [2.45, 2.75) is 6.04 Å². The average molecular weight is 380 g/mol. The monoisotopic (exact) mass is 379 g/mol. The van der Waals surface area contributed by atoms with E-state index in [1.54, 1.807) is 0 Å². The molecular weight excluding hydrogens is 354 g/mol. The Morgan fingerprint density at radius 1 is 0.630 bits per heavy atom. The van der Waals surface area contributed by atoms with Crippen LogP contribution in [0, 0.1) is 0 Å². The molecule has 0 aromatic heterocycles. The number of nitrogens with zero attached hydrogens (tertiary/aromatic N) is 2. The van der Waals surface area contributed by atoms with Gasteiger partial charge in [0.05, 0.1) is 6.04 Å². The highest BCUT2D eigenvalue weighted by molar-refractivity contribution is 6.30. The summed E-state index contributed by atoms with van der Waals surface area (Å²) in [5.74, 6) is 0. The number of hydrogen-bond acceptors (Lipinski definition) is 3. The molecule has 3 nitrogen and oxygen atoms in total. The van der Waals surface area contributed by atoms with Crippen LogP contribution >= 0.6 is 11.6 Å². The van der Waals surface area contributed by atoms with Crippen molar-refractivity contribution in [3.63, 3.8) is 0 Å². The standard InChI is InChI=1S/C23H26ClN3/c1-26(2)21-13-5-17(6-14-21)23(25-20-11-9-19(24)10-12-20)18-7-15-22(16-8-18)27(3)4/h5-16,23,25H,1-4H3. The van der Waals surface area contributed by atoms with E-state index in [0.717, 1.165) is 10.7 Å². The second-order valence-electron chi connectivity index (χ2n) is 7.06. The Morgan fingerprint density at radius 3 is 1.41 bits per heavy atom. The number of halogens is 1. The molecule has 0 aliphatic heterocycles. The van der Waals surface area contributed by atoms with E-state index in [4.69, 9.17) is 11.6 Å².